The van der Waals surface area contributed by atoms with Crippen LogP contribution in [0.5, 0.6) is 0 Å². The van der Waals surface area contributed by atoms with Crippen molar-refractivity contribution in [3.63, 3.8) is 0 Å². The fourth-order valence-corrected chi connectivity index (χ4v) is 1.47. The second-order valence-corrected chi connectivity index (χ2v) is 3.48. The van der Waals surface area contributed by atoms with Crippen LogP contribution in [0.25, 0.3) is 0 Å². The van der Waals surface area contributed by atoms with E-state index in [0.717, 1.165) is 10.2 Å². The summed E-state index contributed by atoms with van der Waals surface area (Å²) in [6.45, 7) is 3.73. The molecular formula is C6H16N2Si. The summed E-state index contributed by atoms with van der Waals surface area (Å²) < 4.78 is 0. The minimum absolute atomic E-state index is 0.411. The van der Waals surface area contributed by atoms with Gasteiger partial charge in [0.25, 0.3) is 0 Å². The Morgan fingerprint density at radius 3 is 2.00 bits per heavy atom. The highest BCUT2D eigenvalue weighted by Crippen LogP contribution is 2.02. The Labute approximate surface area is 60.1 Å². The first-order valence-corrected chi connectivity index (χ1v) is 4.38. The molecule has 0 aromatic carbocycles. The topological polar surface area (TPSA) is 24.1 Å². The smallest absolute Gasteiger partial charge is 0.0596 e. The Morgan fingerprint density at radius 1 is 1.44 bits per heavy atom. The van der Waals surface area contributed by atoms with Gasteiger partial charge in [-0.1, -0.05) is 6.08 Å². The van der Waals surface area contributed by atoms with Gasteiger partial charge in [0.05, 0.1) is 6.17 Å². The summed E-state index contributed by atoms with van der Waals surface area (Å²) in [6.07, 6.45) is 2.40. The van der Waals surface area contributed by atoms with Crippen LogP contribution in [0.1, 0.15) is 0 Å². The molecule has 0 heterocycles. The molecule has 0 aliphatic heterocycles. The zero-order valence-electron chi connectivity index (χ0n) is 6.44. The lowest BCUT2D eigenvalue weighted by Crippen LogP contribution is -2.40. The molecular weight excluding hydrogens is 128 g/mol. The van der Waals surface area contributed by atoms with Crippen LogP contribution in [0.2, 0.25) is 5.54 Å². The van der Waals surface area contributed by atoms with E-state index >= 15 is 0 Å². The van der Waals surface area contributed by atoms with Gasteiger partial charge in [-0.2, -0.15) is 0 Å². The monoisotopic (exact) mass is 144 g/mol. The first-order valence-electron chi connectivity index (χ1n) is 3.23. The molecule has 0 aliphatic carbocycles. The van der Waals surface area contributed by atoms with Gasteiger partial charge >= 0.3 is 0 Å². The number of hydrogen-bond acceptors (Lipinski definition) is 2. The van der Waals surface area contributed by atoms with Gasteiger partial charge < -0.3 is 10.6 Å². The highest BCUT2D eigenvalue weighted by molar-refractivity contribution is 6.13. The maximum Gasteiger partial charge on any atom is 0.0596 e. The van der Waals surface area contributed by atoms with Crippen molar-refractivity contribution in [2.24, 2.45) is 0 Å². The molecule has 0 saturated carbocycles. The van der Waals surface area contributed by atoms with E-state index in [1.54, 1.807) is 0 Å². The highest BCUT2D eigenvalue weighted by Gasteiger charge is 2.07. The van der Waals surface area contributed by atoms with Crippen molar-refractivity contribution in [3.8, 4) is 0 Å². The van der Waals surface area contributed by atoms with Gasteiger partial charge in [0.1, 0.15) is 0 Å². The van der Waals surface area contributed by atoms with Crippen molar-refractivity contribution < 1.29 is 0 Å². The van der Waals surface area contributed by atoms with Gasteiger partial charge in [-0.15, -0.1) is 6.58 Å². The van der Waals surface area contributed by atoms with E-state index in [2.05, 4.69) is 17.2 Å². The van der Waals surface area contributed by atoms with Crippen molar-refractivity contribution >= 4 is 10.2 Å². The van der Waals surface area contributed by atoms with Gasteiger partial charge in [0.2, 0.25) is 0 Å². The van der Waals surface area contributed by atoms with Gasteiger partial charge in [-0.3, -0.25) is 0 Å². The molecule has 2 nitrogen and oxygen atoms in total. The maximum absolute atomic E-state index is 3.73. The maximum atomic E-state index is 3.73. The predicted molar refractivity (Wildman–Crippen MR) is 45.8 cm³/mol. The minimum atomic E-state index is 0.411. The van der Waals surface area contributed by atoms with Crippen LogP contribution in [0.4, 0.5) is 0 Å². The molecule has 2 N–H and O–H groups in total. The zero-order valence-corrected chi connectivity index (χ0v) is 8.44. The Kier molecular flexibility index (Phi) is 4.66. The van der Waals surface area contributed by atoms with Crippen LogP contribution in [0.3, 0.4) is 0 Å². The van der Waals surface area contributed by atoms with E-state index in [1.165, 1.54) is 0 Å². The quantitative estimate of drug-likeness (QED) is 0.303. The molecule has 0 bridgehead atoms. The van der Waals surface area contributed by atoms with Crippen LogP contribution in [0, 0.1) is 0 Å². The molecule has 0 amide bonds. The summed E-state index contributed by atoms with van der Waals surface area (Å²) in [5.74, 6) is 0. The average molecular weight is 144 g/mol. The Balaban J connectivity index is 3.63. The lowest BCUT2D eigenvalue weighted by atomic mass is 10.3. The molecule has 0 aromatic heterocycles. The molecule has 0 spiro atoms. The lowest BCUT2D eigenvalue weighted by Gasteiger charge is -2.19. The molecule has 0 fully saturated rings. The first-order chi connectivity index (χ1) is 4.26. The third kappa shape index (κ3) is 2.79. The molecule has 0 radical (unpaired) electrons. The average Bonchev–Trinajstić information content (AvgIpc) is 1.90. The first kappa shape index (κ1) is 8.88. The summed E-state index contributed by atoms with van der Waals surface area (Å²) in [5, 5.41) is 6.31. The molecule has 0 aromatic rings. The fourth-order valence-electron chi connectivity index (χ4n) is 0.806. The molecule has 54 valence electrons. The van der Waals surface area contributed by atoms with Crippen molar-refractivity contribution in [2.45, 2.75) is 11.7 Å². The molecule has 9 heavy (non-hydrogen) atoms. The van der Waals surface area contributed by atoms with E-state index in [1.807, 2.05) is 20.2 Å². The number of hydrogen-bond donors (Lipinski definition) is 2. The molecule has 3 heteroatoms. The van der Waals surface area contributed by atoms with Crippen LogP contribution in [-0.2, 0) is 0 Å². The standard InChI is InChI=1S/C6H16N2Si/c1-4-5(9)6(7-2)8-3/h4-8H,1H2,2-3,9H3. The van der Waals surface area contributed by atoms with Crippen LogP contribution < -0.4 is 10.6 Å². The number of rotatable bonds is 4. The van der Waals surface area contributed by atoms with Crippen molar-refractivity contribution in [3.05, 3.63) is 12.7 Å². The van der Waals surface area contributed by atoms with E-state index in [9.17, 15) is 0 Å². The highest BCUT2D eigenvalue weighted by atomic mass is 28.1. The summed E-state index contributed by atoms with van der Waals surface area (Å²) in [6, 6.07) is 0. The Hall–Kier alpha value is -0.123. The molecule has 1 unspecified atom stereocenters. The lowest BCUT2D eigenvalue weighted by molar-refractivity contribution is 0.500. The van der Waals surface area contributed by atoms with E-state index < -0.39 is 0 Å². The second-order valence-electron chi connectivity index (χ2n) is 2.15. The Morgan fingerprint density at radius 2 is 1.89 bits per heavy atom. The molecule has 0 saturated heterocycles. The van der Waals surface area contributed by atoms with E-state index in [0.29, 0.717) is 11.7 Å². The van der Waals surface area contributed by atoms with Crippen LogP contribution >= 0.6 is 0 Å². The summed E-state index contributed by atoms with van der Waals surface area (Å²) >= 11 is 0. The van der Waals surface area contributed by atoms with Crippen LogP contribution in [0.15, 0.2) is 12.7 Å². The molecule has 1 atom stereocenters. The van der Waals surface area contributed by atoms with Gasteiger partial charge in [0, 0.05) is 10.2 Å². The third-order valence-corrected chi connectivity index (χ3v) is 2.66. The van der Waals surface area contributed by atoms with Gasteiger partial charge in [-0.05, 0) is 19.6 Å². The van der Waals surface area contributed by atoms with Crippen LogP contribution in [-0.4, -0.2) is 30.5 Å². The number of nitrogens with one attached hydrogen (secondary N) is 2. The van der Waals surface area contributed by atoms with E-state index in [-0.39, 0.29) is 0 Å². The second kappa shape index (κ2) is 4.73. The SMILES string of the molecule is C=CC([SiH3])C(NC)NC. The van der Waals surface area contributed by atoms with Crippen molar-refractivity contribution in [1.29, 1.82) is 0 Å². The Bertz CT molecular complexity index is 81.1. The van der Waals surface area contributed by atoms with Gasteiger partial charge in [-0.25, -0.2) is 0 Å². The summed E-state index contributed by atoms with van der Waals surface area (Å²) in [7, 11) is 5.06. The summed E-state index contributed by atoms with van der Waals surface area (Å²) in [4.78, 5) is 0. The largest absolute Gasteiger partial charge is 0.305 e. The zero-order chi connectivity index (χ0) is 7.28. The fraction of sp³-hybridized carbons (Fsp3) is 0.667. The normalized spacial score (nSPS) is 14.1. The minimum Gasteiger partial charge on any atom is -0.305 e. The molecule has 0 aliphatic rings. The third-order valence-electron chi connectivity index (χ3n) is 1.52. The summed E-state index contributed by atoms with van der Waals surface area (Å²) in [5.41, 5.74) is 0.611. The van der Waals surface area contributed by atoms with Gasteiger partial charge in [0.15, 0.2) is 0 Å². The predicted octanol–water partition coefficient (Wildman–Crippen LogP) is -0.909. The van der Waals surface area contributed by atoms with Crippen molar-refractivity contribution in [2.75, 3.05) is 14.1 Å². The molecule has 0 rings (SSSR count). The van der Waals surface area contributed by atoms with Crippen molar-refractivity contribution in [1.82, 2.24) is 10.6 Å². The van der Waals surface area contributed by atoms with E-state index in [4.69, 9.17) is 0 Å².